The highest BCUT2D eigenvalue weighted by Crippen LogP contribution is 2.12. The lowest BCUT2D eigenvalue weighted by molar-refractivity contribution is -0.139. The van der Waals surface area contributed by atoms with Crippen molar-refractivity contribution >= 4 is 17.6 Å². The maximum Gasteiger partial charge on any atom is 0.341 e. The Bertz CT molecular complexity index is 712. The monoisotopic (exact) mass is 313 g/mol. The van der Waals surface area contributed by atoms with Gasteiger partial charge in [-0.05, 0) is 48.9 Å². The number of aromatic nitrogens is 1. The molecule has 1 aromatic heterocycles. The number of amides is 1. The Morgan fingerprint density at radius 3 is 2.57 bits per heavy atom. The minimum atomic E-state index is -1.04. The van der Waals surface area contributed by atoms with Gasteiger partial charge in [0.05, 0.1) is 5.71 Å². The van der Waals surface area contributed by atoms with E-state index in [1.165, 1.54) is 6.20 Å². The molecule has 118 valence electrons. The molecule has 1 aromatic carbocycles. The van der Waals surface area contributed by atoms with Gasteiger partial charge in [0.25, 0.3) is 5.91 Å². The second-order valence-electron chi connectivity index (χ2n) is 4.56. The van der Waals surface area contributed by atoms with E-state index in [2.05, 4.69) is 15.5 Å². The molecule has 2 aromatic rings. The van der Waals surface area contributed by atoms with E-state index < -0.39 is 18.5 Å². The third-order valence-corrected chi connectivity index (χ3v) is 2.86. The van der Waals surface area contributed by atoms with Crippen molar-refractivity contribution in [3.63, 3.8) is 0 Å². The first-order valence-corrected chi connectivity index (χ1v) is 6.77. The molecule has 0 aliphatic rings. The van der Waals surface area contributed by atoms with E-state index in [0.717, 1.165) is 5.56 Å². The first-order valence-electron chi connectivity index (χ1n) is 6.77. The van der Waals surface area contributed by atoms with Gasteiger partial charge in [-0.25, -0.2) is 10.2 Å². The average molecular weight is 313 g/mol. The van der Waals surface area contributed by atoms with E-state index in [0.29, 0.717) is 11.5 Å². The molecule has 0 spiro atoms. The number of aliphatic carboxylic acids is 1. The van der Waals surface area contributed by atoms with Gasteiger partial charge in [-0.1, -0.05) is 6.07 Å². The van der Waals surface area contributed by atoms with Crippen molar-refractivity contribution in [1.29, 1.82) is 0 Å². The average Bonchev–Trinajstić information content (AvgIpc) is 2.58. The highest BCUT2D eigenvalue weighted by molar-refractivity contribution is 6.00. The van der Waals surface area contributed by atoms with Crippen molar-refractivity contribution in [2.75, 3.05) is 6.61 Å². The molecule has 0 saturated heterocycles. The van der Waals surface area contributed by atoms with Crippen molar-refractivity contribution in [2.45, 2.75) is 6.92 Å². The van der Waals surface area contributed by atoms with Gasteiger partial charge in [-0.15, -0.1) is 0 Å². The number of hydrazone groups is 1. The zero-order chi connectivity index (χ0) is 16.7. The molecule has 0 fully saturated rings. The first-order chi connectivity index (χ1) is 11.1. The molecule has 0 unspecified atom stereocenters. The summed E-state index contributed by atoms with van der Waals surface area (Å²) in [6, 6.07) is 11.8. The van der Waals surface area contributed by atoms with Crippen LogP contribution in [0.3, 0.4) is 0 Å². The summed E-state index contributed by atoms with van der Waals surface area (Å²) in [5.74, 6) is -0.989. The summed E-state index contributed by atoms with van der Waals surface area (Å²) in [5.41, 5.74) is 4.08. The van der Waals surface area contributed by atoms with E-state index in [1.807, 2.05) is 0 Å². The number of hydrogen-bond acceptors (Lipinski definition) is 5. The maximum atomic E-state index is 11.8. The molecule has 0 radical (unpaired) electrons. The standard InChI is InChI=1S/C16H15N3O4/c1-11(18-19-16(22)14-4-2-3-9-17-14)12-5-7-13(8-6-12)23-10-15(20)21/h2-9H,10H2,1H3,(H,19,22)(H,20,21)/b18-11-. The molecular weight excluding hydrogens is 298 g/mol. The van der Waals surface area contributed by atoms with Gasteiger partial charge >= 0.3 is 5.97 Å². The van der Waals surface area contributed by atoms with E-state index >= 15 is 0 Å². The van der Waals surface area contributed by atoms with Crippen molar-refractivity contribution < 1.29 is 19.4 Å². The highest BCUT2D eigenvalue weighted by atomic mass is 16.5. The molecule has 2 N–H and O–H groups in total. The SMILES string of the molecule is C/C(=N/NC(=O)c1ccccn1)c1ccc(OCC(=O)O)cc1. The molecule has 23 heavy (non-hydrogen) atoms. The smallest absolute Gasteiger partial charge is 0.341 e. The highest BCUT2D eigenvalue weighted by Gasteiger charge is 2.05. The lowest BCUT2D eigenvalue weighted by Gasteiger charge is -2.05. The first kappa shape index (κ1) is 16.2. The van der Waals surface area contributed by atoms with Gasteiger partial charge in [0, 0.05) is 6.20 Å². The number of ether oxygens (including phenoxy) is 1. The van der Waals surface area contributed by atoms with Gasteiger partial charge in [-0.3, -0.25) is 9.78 Å². The van der Waals surface area contributed by atoms with E-state index in [1.54, 1.807) is 49.4 Å². The van der Waals surface area contributed by atoms with Gasteiger partial charge in [0.1, 0.15) is 11.4 Å². The molecule has 7 heteroatoms. The number of hydrogen-bond donors (Lipinski definition) is 2. The predicted octanol–water partition coefficient (Wildman–Crippen LogP) is 1.70. The van der Waals surface area contributed by atoms with Crippen LogP contribution in [0.5, 0.6) is 5.75 Å². The van der Waals surface area contributed by atoms with Gasteiger partial charge in [0.2, 0.25) is 0 Å². The fourth-order valence-electron chi connectivity index (χ4n) is 1.69. The minimum Gasteiger partial charge on any atom is -0.482 e. The van der Waals surface area contributed by atoms with Gasteiger partial charge in [0.15, 0.2) is 6.61 Å². The van der Waals surface area contributed by atoms with Crippen molar-refractivity contribution in [2.24, 2.45) is 5.10 Å². The van der Waals surface area contributed by atoms with E-state index in [-0.39, 0.29) is 5.69 Å². The summed E-state index contributed by atoms with van der Waals surface area (Å²) in [7, 11) is 0. The fraction of sp³-hybridized carbons (Fsp3) is 0.125. The summed E-state index contributed by atoms with van der Waals surface area (Å²) in [4.78, 5) is 26.2. The quantitative estimate of drug-likeness (QED) is 0.624. The number of rotatable bonds is 6. The topological polar surface area (TPSA) is 101 Å². The maximum absolute atomic E-state index is 11.8. The molecule has 7 nitrogen and oxygen atoms in total. The summed E-state index contributed by atoms with van der Waals surface area (Å²) in [5, 5.41) is 12.6. The van der Waals surface area contributed by atoms with Crippen molar-refractivity contribution in [3.8, 4) is 5.75 Å². The second kappa shape index (κ2) is 7.69. The molecule has 0 aliphatic carbocycles. The Morgan fingerprint density at radius 2 is 1.96 bits per heavy atom. The largest absolute Gasteiger partial charge is 0.482 e. The fourth-order valence-corrected chi connectivity index (χ4v) is 1.69. The van der Waals surface area contributed by atoms with Crippen molar-refractivity contribution in [3.05, 3.63) is 59.9 Å². The lowest BCUT2D eigenvalue weighted by atomic mass is 10.1. The molecule has 0 atom stereocenters. The normalized spacial score (nSPS) is 10.9. The number of pyridine rings is 1. The van der Waals surface area contributed by atoms with Crippen LogP contribution in [0.25, 0.3) is 0 Å². The number of carbonyl (C=O) groups is 2. The summed E-state index contributed by atoms with van der Waals surface area (Å²) in [6.45, 7) is 1.35. The van der Waals surface area contributed by atoms with Crippen molar-refractivity contribution in [1.82, 2.24) is 10.4 Å². The Labute approximate surface area is 132 Å². The zero-order valence-electron chi connectivity index (χ0n) is 12.4. The Morgan fingerprint density at radius 1 is 1.22 bits per heavy atom. The number of nitrogens with zero attached hydrogens (tertiary/aromatic N) is 2. The molecule has 1 amide bonds. The number of carbonyl (C=O) groups excluding carboxylic acids is 1. The zero-order valence-corrected chi connectivity index (χ0v) is 12.4. The molecule has 0 saturated carbocycles. The number of benzene rings is 1. The third-order valence-electron chi connectivity index (χ3n) is 2.86. The Kier molecular flexibility index (Phi) is 5.40. The molecule has 0 aliphatic heterocycles. The summed E-state index contributed by atoms with van der Waals surface area (Å²) < 4.78 is 5.04. The van der Waals surface area contributed by atoms with Crippen LogP contribution in [0.1, 0.15) is 23.0 Å². The van der Waals surface area contributed by atoms with Crippen LogP contribution < -0.4 is 10.2 Å². The lowest BCUT2D eigenvalue weighted by Crippen LogP contribution is -2.20. The van der Waals surface area contributed by atoms with Gasteiger partial charge in [-0.2, -0.15) is 5.10 Å². The van der Waals surface area contributed by atoms with Crippen LogP contribution >= 0.6 is 0 Å². The summed E-state index contributed by atoms with van der Waals surface area (Å²) in [6.07, 6.45) is 1.53. The Hall–Kier alpha value is -3.22. The number of nitrogens with one attached hydrogen (secondary N) is 1. The van der Waals surface area contributed by atoms with Crippen LogP contribution in [0, 0.1) is 0 Å². The van der Waals surface area contributed by atoms with Crippen LogP contribution in [0.4, 0.5) is 0 Å². The molecule has 0 bridgehead atoms. The van der Waals surface area contributed by atoms with Gasteiger partial charge < -0.3 is 9.84 Å². The number of carboxylic acid groups (broad SMARTS) is 1. The number of carboxylic acids is 1. The second-order valence-corrected chi connectivity index (χ2v) is 4.56. The Balaban J connectivity index is 1.98. The molecular formula is C16H15N3O4. The van der Waals surface area contributed by atoms with E-state index in [4.69, 9.17) is 9.84 Å². The predicted molar refractivity (Wildman–Crippen MR) is 83.5 cm³/mol. The van der Waals surface area contributed by atoms with Crippen LogP contribution in [-0.2, 0) is 4.79 Å². The van der Waals surface area contributed by atoms with E-state index in [9.17, 15) is 9.59 Å². The molecule has 2 rings (SSSR count). The summed E-state index contributed by atoms with van der Waals surface area (Å²) >= 11 is 0. The van der Waals surface area contributed by atoms with Crippen LogP contribution in [-0.4, -0.2) is 34.3 Å². The third kappa shape index (κ3) is 4.92. The van der Waals surface area contributed by atoms with Crippen LogP contribution in [0.15, 0.2) is 53.8 Å². The van der Waals surface area contributed by atoms with Crippen LogP contribution in [0.2, 0.25) is 0 Å². The minimum absolute atomic E-state index is 0.279. The molecule has 1 heterocycles.